The third kappa shape index (κ3) is 6.41. The van der Waals surface area contributed by atoms with E-state index >= 15 is 0 Å². The summed E-state index contributed by atoms with van der Waals surface area (Å²) in [6.45, 7) is 7.81. The van der Waals surface area contributed by atoms with E-state index in [1.807, 2.05) is 0 Å². The molecule has 2 saturated heterocycles. The molecular weight excluding hydrogens is 333 g/mol. The van der Waals surface area contributed by atoms with E-state index in [1.165, 1.54) is 45.2 Å². The number of nitrogens with one attached hydrogen (secondary N) is 2. The second-order valence-corrected chi connectivity index (χ2v) is 7.47. The molecule has 6 heteroatoms. The number of likely N-dealkylation sites (tertiary alicyclic amines) is 1. The van der Waals surface area contributed by atoms with E-state index in [1.54, 1.807) is 0 Å². The number of carbonyl (C=O) groups is 1. The fourth-order valence-corrected chi connectivity index (χ4v) is 3.95. The average molecular weight is 366 g/mol. The molecule has 0 aromatic heterocycles. The predicted octanol–water partition coefficient (Wildman–Crippen LogP) is 2.46. The van der Waals surface area contributed by atoms with E-state index in [0.29, 0.717) is 24.2 Å². The van der Waals surface area contributed by atoms with Crippen molar-refractivity contribution < 1.29 is 4.79 Å². The van der Waals surface area contributed by atoms with Crippen LogP contribution in [0.5, 0.6) is 0 Å². The molecule has 0 radical (unpaired) electrons. The highest BCUT2D eigenvalue weighted by Gasteiger charge is 2.34. The van der Waals surface area contributed by atoms with Gasteiger partial charge in [0.1, 0.15) is 0 Å². The summed E-state index contributed by atoms with van der Waals surface area (Å²) in [5.41, 5.74) is 0. The van der Waals surface area contributed by atoms with Gasteiger partial charge in [-0.1, -0.05) is 6.92 Å². The quantitative estimate of drug-likeness (QED) is 0.759. The van der Waals surface area contributed by atoms with Gasteiger partial charge in [-0.25, -0.2) is 0 Å². The zero-order valence-corrected chi connectivity index (χ0v) is 15.9. The lowest BCUT2D eigenvalue weighted by atomic mass is 9.85. The van der Waals surface area contributed by atoms with Gasteiger partial charge in [0.25, 0.3) is 0 Å². The van der Waals surface area contributed by atoms with Crippen LogP contribution in [0.4, 0.5) is 0 Å². The van der Waals surface area contributed by atoms with Crippen molar-refractivity contribution in [2.24, 2.45) is 17.8 Å². The number of rotatable bonds is 6. The average Bonchev–Trinajstić information content (AvgIpc) is 3.25. The molecule has 0 aromatic carbocycles. The molecular formula is C17H33Cl2N3O. The van der Waals surface area contributed by atoms with Crippen LogP contribution in [0.25, 0.3) is 0 Å². The molecule has 3 aliphatic rings. The van der Waals surface area contributed by atoms with Crippen LogP contribution in [-0.2, 0) is 4.79 Å². The first kappa shape index (κ1) is 21.0. The molecule has 136 valence electrons. The lowest BCUT2D eigenvalue weighted by Crippen LogP contribution is -2.36. The van der Waals surface area contributed by atoms with Crippen LogP contribution >= 0.6 is 24.8 Å². The molecule has 2 N–H and O–H groups in total. The minimum Gasteiger partial charge on any atom is -0.356 e. The first-order valence-corrected chi connectivity index (χ1v) is 8.94. The van der Waals surface area contributed by atoms with Gasteiger partial charge in [-0.15, -0.1) is 24.8 Å². The fourth-order valence-electron chi connectivity index (χ4n) is 3.95. The Morgan fingerprint density at radius 1 is 1.26 bits per heavy atom. The molecule has 4 nitrogen and oxygen atoms in total. The summed E-state index contributed by atoms with van der Waals surface area (Å²) in [6.07, 6.45) is 7.29. The Bertz CT molecular complexity index is 360. The Labute approximate surface area is 153 Å². The van der Waals surface area contributed by atoms with Crippen molar-refractivity contribution in [2.45, 2.75) is 51.5 Å². The SMILES string of the molecule is CC(CC(=O)NCC1CCN(C2CC2)C1)C1CCCNC1.Cl.Cl. The molecule has 3 atom stereocenters. The standard InChI is InChI=1S/C17H31N3O.2ClH/c1-13(15-3-2-7-18-11-15)9-17(21)19-10-14-6-8-20(12-14)16-4-5-16;;/h13-16,18H,2-12H2,1H3,(H,19,21);2*1H. The highest BCUT2D eigenvalue weighted by atomic mass is 35.5. The van der Waals surface area contributed by atoms with E-state index in [2.05, 4.69) is 22.5 Å². The molecule has 2 aliphatic heterocycles. The third-order valence-electron chi connectivity index (χ3n) is 5.62. The Kier molecular flexibility index (Phi) is 9.20. The monoisotopic (exact) mass is 365 g/mol. The highest BCUT2D eigenvalue weighted by molar-refractivity contribution is 5.85. The predicted molar refractivity (Wildman–Crippen MR) is 99.6 cm³/mol. The molecule has 23 heavy (non-hydrogen) atoms. The molecule has 3 unspecified atom stereocenters. The molecule has 2 heterocycles. The molecule has 3 fully saturated rings. The second kappa shape index (κ2) is 10.1. The molecule has 1 saturated carbocycles. The molecule has 3 rings (SSSR count). The maximum Gasteiger partial charge on any atom is 0.220 e. The maximum atomic E-state index is 12.1. The van der Waals surface area contributed by atoms with Crippen LogP contribution in [-0.4, -0.2) is 49.6 Å². The van der Waals surface area contributed by atoms with E-state index in [9.17, 15) is 4.79 Å². The number of hydrogen-bond acceptors (Lipinski definition) is 3. The summed E-state index contributed by atoms with van der Waals surface area (Å²) in [7, 11) is 0. The van der Waals surface area contributed by atoms with E-state index in [-0.39, 0.29) is 30.7 Å². The lowest BCUT2D eigenvalue weighted by molar-refractivity contribution is -0.122. The second-order valence-electron chi connectivity index (χ2n) is 7.47. The third-order valence-corrected chi connectivity index (χ3v) is 5.62. The van der Waals surface area contributed by atoms with Crippen molar-refractivity contribution >= 4 is 30.7 Å². The van der Waals surface area contributed by atoms with Gasteiger partial charge in [0.05, 0.1) is 0 Å². The topological polar surface area (TPSA) is 44.4 Å². The first-order chi connectivity index (χ1) is 10.2. The normalized spacial score (nSPS) is 29.3. The van der Waals surface area contributed by atoms with Crippen molar-refractivity contribution in [1.29, 1.82) is 0 Å². The fraction of sp³-hybridized carbons (Fsp3) is 0.941. The zero-order valence-electron chi connectivity index (χ0n) is 14.3. The number of amides is 1. The number of hydrogen-bond donors (Lipinski definition) is 2. The number of nitrogens with zero attached hydrogens (tertiary/aromatic N) is 1. The van der Waals surface area contributed by atoms with Gasteiger partial charge in [-0.3, -0.25) is 4.79 Å². The minimum absolute atomic E-state index is 0. The summed E-state index contributed by atoms with van der Waals surface area (Å²) in [5, 5.41) is 6.64. The molecule has 1 amide bonds. The van der Waals surface area contributed by atoms with Gasteiger partial charge < -0.3 is 15.5 Å². The number of piperidine rings is 1. The number of carbonyl (C=O) groups excluding carboxylic acids is 1. The van der Waals surface area contributed by atoms with Crippen molar-refractivity contribution in [3.8, 4) is 0 Å². The van der Waals surface area contributed by atoms with Crippen molar-refractivity contribution in [3.05, 3.63) is 0 Å². The highest BCUT2D eigenvalue weighted by Crippen LogP contribution is 2.31. The van der Waals surface area contributed by atoms with Gasteiger partial charge >= 0.3 is 0 Å². The van der Waals surface area contributed by atoms with Crippen LogP contribution in [0.1, 0.15) is 45.4 Å². The van der Waals surface area contributed by atoms with Crippen molar-refractivity contribution in [2.75, 3.05) is 32.7 Å². The van der Waals surface area contributed by atoms with E-state index < -0.39 is 0 Å². The molecule has 0 aromatic rings. The van der Waals surface area contributed by atoms with Gasteiger partial charge in [0.2, 0.25) is 5.91 Å². The molecule has 0 spiro atoms. The first-order valence-electron chi connectivity index (χ1n) is 8.94. The van der Waals surface area contributed by atoms with E-state index in [4.69, 9.17) is 0 Å². The van der Waals surface area contributed by atoms with Crippen LogP contribution in [0, 0.1) is 17.8 Å². The van der Waals surface area contributed by atoms with Gasteiger partial charge in [0.15, 0.2) is 0 Å². The van der Waals surface area contributed by atoms with Crippen LogP contribution < -0.4 is 10.6 Å². The number of halogens is 2. The Balaban J connectivity index is 0.00000132. The lowest BCUT2D eigenvalue weighted by Gasteiger charge is -2.28. The van der Waals surface area contributed by atoms with Gasteiger partial charge in [0, 0.05) is 25.6 Å². The smallest absolute Gasteiger partial charge is 0.220 e. The molecule has 1 aliphatic carbocycles. The van der Waals surface area contributed by atoms with Crippen molar-refractivity contribution in [1.82, 2.24) is 15.5 Å². The van der Waals surface area contributed by atoms with Gasteiger partial charge in [-0.2, -0.15) is 0 Å². The molecule has 0 bridgehead atoms. The summed E-state index contributed by atoms with van der Waals surface area (Å²) >= 11 is 0. The largest absolute Gasteiger partial charge is 0.356 e. The van der Waals surface area contributed by atoms with Crippen LogP contribution in [0.3, 0.4) is 0 Å². The summed E-state index contributed by atoms with van der Waals surface area (Å²) in [5.74, 6) is 2.13. The minimum atomic E-state index is 0. The summed E-state index contributed by atoms with van der Waals surface area (Å²) < 4.78 is 0. The Morgan fingerprint density at radius 2 is 2.04 bits per heavy atom. The van der Waals surface area contributed by atoms with E-state index in [0.717, 1.165) is 25.7 Å². The Hall–Kier alpha value is -0.0300. The zero-order chi connectivity index (χ0) is 14.7. The summed E-state index contributed by atoms with van der Waals surface area (Å²) in [6, 6.07) is 0.879. The van der Waals surface area contributed by atoms with Crippen LogP contribution in [0.2, 0.25) is 0 Å². The summed E-state index contributed by atoms with van der Waals surface area (Å²) in [4.78, 5) is 14.8. The van der Waals surface area contributed by atoms with Crippen molar-refractivity contribution in [3.63, 3.8) is 0 Å². The van der Waals surface area contributed by atoms with Crippen LogP contribution in [0.15, 0.2) is 0 Å². The van der Waals surface area contributed by atoms with Gasteiger partial charge in [-0.05, 0) is 69.5 Å². The Morgan fingerprint density at radius 3 is 2.70 bits per heavy atom. The maximum absolute atomic E-state index is 12.1.